The van der Waals surface area contributed by atoms with E-state index in [1.165, 1.54) is 11.3 Å². The molecule has 3 heteroatoms. The van der Waals surface area contributed by atoms with E-state index >= 15 is 0 Å². The maximum absolute atomic E-state index is 10.9. The van der Waals surface area contributed by atoms with Crippen LogP contribution >= 0.6 is 11.8 Å². The quantitative estimate of drug-likeness (QED) is 0.719. The number of hydrogen-bond acceptors (Lipinski definition) is 3. The van der Waals surface area contributed by atoms with Gasteiger partial charge in [-0.2, -0.15) is 11.8 Å². The second kappa shape index (κ2) is 3.50. The van der Waals surface area contributed by atoms with Crippen molar-refractivity contribution >= 4 is 17.5 Å². The molecule has 0 aromatic carbocycles. The third kappa shape index (κ3) is 1.91. The van der Waals surface area contributed by atoms with Gasteiger partial charge in [0.2, 0.25) is 0 Å². The summed E-state index contributed by atoms with van der Waals surface area (Å²) in [6.07, 6.45) is 2.34. The second-order valence-corrected chi connectivity index (χ2v) is 4.31. The Labute approximate surface area is 81.8 Å². The molecule has 0 atom stereocenters. The van der Waals surface area contributed by atoms with Gasteiger partial charge in [0.1, 0.15) is 5.78 Å². The Bertz CT molecular complexity index is 349. The first-order chi connectivity index (χ1) is 6.25. The number of carbonyl (C=O) groups is 1. The molecule has 0 unspecified atom stereocenters. The number of nitrogens with zero attached hydrogens (tertiary/aromatic N) is 1. The monoisotopic (exact) mass is 193 g/mol. The number of thioether (sulfide) groups is 1. The number of hydrogen-bond donors (Lipinski definition) is 0. The Kier molecular flexibility index (Phi) is 2.36. The number of pyridine rings is 1. The van der Waals surface area contributed by atoms with Crippen LogP contribution in [0.25, 0.3) is 0 Å². The van der Waals surface area contributed by atoms with Gasteiger partial charge in [0.15, 0.2) is 0 Å². The first-order valence-corrected chi connectivity index (χ1v) is 5.45. The highest BCUT2D eigenvalue weighted by Crippen LogP contribution is 2.28. The van der Waals surface area contributed by atoms with Crippen molar-refractivity contribution in [3.63, 3.8) is 0 Å². The summed E-state index contributed by atoms with van der Waals surface area (Å²) >= 11 is 1.88. The van der Waals surface area contributed by atoms with E-state index in [1.54, 1.807) is 6.92 Å². The van der Waals surface area contributed by atoms with Crippen molar-refractivity contribution in [2.75, 3.05) is 0 Å². The van der Waals surface area contributed by atoms with Crippen LogP contribution < -0.4 is 0 Å². The third-order valence-electron chi connectivity index (χ3n) is 2.07. The minimum atomic E-state index is 0.201. The lowest BCUT2D eigenvalue weighted by Gasteiger charge is -2.00. The van der Waals surface area contributed by atoms with Crippen LogP contribution in [-0.2, 0) is 22.7 Å². The van der Waals surface area contributed by atoms with Gasteiger partial charge in [-0.25, -0.2) is 0 Å². The van der Waals surface area contributed by atoms with Crippen LogP contribution in [0.15, 0.2) is 12.3 Å². The van der Waals surface area contributed by atoms with Gasteiger partial charge in [0, 0.05) is 24.1 Å². The fourth-order valence-corrected chi connectivity index (χ4v) is 2.51. The highest BCUT2D eigenvalue weighted by molar-refractivity contribution is 7.98. The molecule has 13 heavy (non-hydrogen) atoms. The van der Waals surface area contributed by atoms with Crippen LogP contribution in [0, 0.1) is 0 Å². The number of ketones is 1. The molecule has 0 saturated carbocycles. The molecule has 2 heterocycles. The maximum Gasteiger partial charge on any atom is 0.134 e. The second-order valence-electron chi connectivity index (χ2n) is 3.32. The van der Waals surface area contributed by atoms with Crippen molar-refractivity contribution in [1.82, 2.24) is 4.98 Å². The average Bonchev–Trinajstić information content (AvgIpc) is 2.49. The largest absolute Gasteiger partial charge is 0.300 e. The Balaban J connectivity index is 2.25. The molecule has 2 nitrogen and oxygen atoms in total. The molecular weight excluding hydrogens is 182 g/mol. The van der Waals surface area contributed by atoms with E-state index in [0.29, 0.717) is 6.42 Å². The van der Waals surface area contributed by atoms with Gasteiger partial charge in [-0.1, -0.05) is 6.07 Å². The average molecular weight is 193 g/mol. The minimum Gasteiger partial charge on any atom is -0.300 e. The van der Waals surface area contributed by atoms with Crippen LogP contribution in [0.2, 0.25) is 0 Å². The summed E-state index contributed by atoms with van der Waals surface area (Å²) < 4.78 is 0. The van der Waals surface area contributed by atoms with E-state index in [9.17, 15) is 4.79 Å². The number of rotatable bonds is 2. The van der Waals surface area contributed by atoms with Gasteiger partial charge in [0.05, 0.1) is 5.69 Å². The van der Waals surface area contributed by atoms with E-state index in [4.69, 9.17) is 0 Å². The Morgan fingerprint density at radius 1 is 1.62 bits per heavy atom. The van der Waals surface area contributed by atoms with Crippen LogP contribution in [0.5, 0.6) is 0 Å². The Hall–Kier alpha value is -0.830. The molecule has 0 amide bonds. The van der Waals surface area contributed by atoms with Crippen LogP contribution in [-0.4, -0.2) is 10.8 Å². The minimum absolute atomic E-state index is 0.201. The summed E-state index contributed by atoms with van der Waals surface area (Å²) in [5, 5.41) is 0. The molecule has 0 radical (unpaired) electrons. The van der Waals surface area contributed by atoms with Crippen LogP contribution in [0.4, 0.5) is 0 Å². The van der Waals surface area contributed by atoms with E-state index in [-0.39, 0.29) is 5.78 Å². The predicted octanol–water partition coefficient (Wildman–Crippen LogP) is 1.96. The van der Waals surface area contributed by atoms with Gasteiger partial charge in [-0.3, -0.25) is 9.78 Å². The van der Waals surface area contributed by atoms with E-state index in [1.807, 2.05) is 18.0 Å². The summed E-state index contributed by atoms with van der Waals surface area (Å²) in [7, 11) is 0. The van der Waals surface area contributed by atoms with Crippen molar-refractivity contribution in [2.24, 2.45) is 0 Å². The van der Waals surface area contributed by atoms with Crippen molar-refractivity contribution < 1.29 is 4.79 Å². The van der Waals surface area contributed by atoms with Crippen molar-refractivity contribution in [1.29, 1.82) is 0 Å². The fourth-order valence-electron chi connectivity index (χ4n) is 1.48. The van der Waals surface area contributed by atoms with E-state index in [0.717, 1.165) is 17.1 Å². The molecule has 1 aromatic heterocycles. The zero-order chi connectivity index (χ0) is 9.26. The lowest BCUT2D eigenvalue weighted by molar-refractivity contribution is -0.116. The maximum atomic E-state index is 10.9. The third-order valence-corrected chi connectivity index (χ3v) is 3.06. The van der Waals surface area contributed by atoms with Gasteiger partial charge in [-0.15, -0.1) is 0 Å². The number of Topliss-reactive ketones (excluding diaryl/α,β-unsaturated/α-hetero) is 1. The SMILES string of the molecule is CC(=O)Cc1cnc2c(c1)CSC2. The van der Waals surface area contributed by atoms with Crippen LogP contribution in [0.1, 0.15) is 23.7 Å². The molecule has 0 fully saturated rings. The van der Waals surface area contributed by atoms with Gasteiger partial charge < -0.3 is 0 Å². The van der Waals surface area contributed by atoms with Gasteiger partial charge in [0.25, 0.3) is 0 Å². The molecule has 0 aliphatic carbocycles. The highest BCUT2D eigenvalue weighted by Gasteiger charge is 2.12. The molecule has 0 spiro atoms. The number of aromatic nitrogens is 1. The summed E-state index contributed by atoms with van der Waals surface area (Å²) in [6, 6.07) is 2.11. The number of carbonyl (C=O) groups excluding carboxylic acids is 1. The molecule has 0 saturated heterocycles. The zero-order valence-electron chi connectivity index (χ0n) is 7.54. The van der Waals surface area contributed by atoms with Gasteiger partial charge in [-0.05, 0) is 18.1 Å². The molecule has 1 aromatic rings. The fraction of sp³-hybridized carbons (Fsp3) is 0.400. The summed E-state index contributed by atoms with van der Waals surface area (Å²) in [5.41, 5.74) is 3.55. The predicted molar refractivity (Wildman–Crippen MR) is 53.6 cm³/mol. The number of fused-ring (bicyclic) bond motifs is 1. The standard InChI is InChI=1S/C10H11NOS/c1-7(12)2-8-3-9-5-13-6-10(9)11-4-8/h3-4H,2,5-6H2,1H3. The van der Waals surface area contributed by atoms with Crippen molar-refractivity contribution in [3.8, 4) is 0 Å². The van der Waals surface area contributed by atoms with E-state index < -0.39 is 0 Å². The normalized spacial score (nSPS) is 14.2. The van der Waals surface area contributed by atoms with Crippen molar-refractivity contribution in [2.45, 2.75) is 24.9 Å². The molecule has 0 bridgehead atoms. The molecular formula is C10H11NOS. The van der Waals surface area contributed by atoms with Crippen molar-refractivity contribution in [3.05, 3.63) is 29.1 Å². The lowest BCUT2D eigenvalue weighted by Crippen LogP contribution is -1.99. The first-order valence-electron chi connectivity index (χ1n) is 4.29. The summed E-state index contributed by atoms with van der Waals surface area (Å²) in [4.78, 5) is 15.2. The summed E-state index contributed by atoms with van der Waals surface area (Å²) in [5.74, 6) is 2.27. The lowest BCUT2D eigenvalue weighted by atomic mass is 10.1. The highest BCUT2D eigenvalue weighted by atomic mass is 32.2. The molecule has 68 valence electrons. The van der Waals surface area contributed by atoms with E-state index in [2.05, 4.69) is 11.1 Å². The smallest absolute Gasteiger partial charge is 0.134 e. The molecule has 1 aliphatic heterocycles. The molecule has 1 aliphatic rings. The topological polar surface area (TPSA) is 30.0 Å². The summed E-state index contributed by atoms with van der Waals surface area (Å²) in [6.45, 7) is 1.61. The zero-order valence-corrected chi connectivity index (χ0v) is 8.36. The molecule has 2 rings (SSSR count). The van der Waals surface area contributed by atoms with Crippen LogP contribution in [0.3, 0.4) is 0 Å². The Morgan fingerprint density at radius 3 is 3.23 bits per heavy atom. The molecule has 0 N–H and O–H groups in total. The first kappa shape index (κ1) is 8.75. The Morgan fingerprint density at radius 2 is 2.46 bits per heavy atom. The van der Waals surface area contributed by atoms with Gasteiger partial charge >= 0.3 is 0 Å².